The molecule has 2 aromatic rings. The molecular formula is C85H143N7O35P2. The number of aryl methyl sites for hydroxylation is 1. The molecule has 7 heterocycles. The van der Waals surface area contributed by atoms with E-state index in [-0.39, 0.29) is 139 Å². The number of amides is 3. The van der Waals surface area contributed by atoms with Gasteiger partial charge in [0.2, 0.25) is 17.7 Å². The normalized spacial score (nSPS) is 28.1. The van der Waals surface area contributed by atoms with Crippen LogP contribution < -0.4 is 10.6 Å². The molecule has 0 bridgehead atoms. The van der Waals surface area contributed by atoms with E-state index < -0.39 is 226 Å². The second-order valence-corrected chi connectivity index (χ2v) is 38.6. The van der Waals surface area contributed by atoms with Crippen molar-refractivity contribution < 1.29 is 169 Å². The first kappa shape index (κ1) is 111. The monoisotopic (exact) mass is 1880 g/mol. The van der Waals surface area contributed by atoms with Crippen molar-refractivity contribution >= 4 is 73.2 Å². The molecule has 5 fully saturated rings. The highest BCUT2D eigenvalue weighted by Crippen LogP contribution is 2.52. The summed E-state index contributed by atoms with van der Waals surface area (Å²) in [7, 11) is -9.37. The standard InChI is InChI=1S/C85H143N7O35P2/c1-53(2)128(111,112)121-47-69-65(40-73(123-69)92-52-89-74-57(6)87-51-88-81(74)92)127-129(113,114)122-46-58-39-64(101)42-91(58)72(104)41-71(103)90-85(48-115-36-29-62(99)23-11-7-9-21-59(96)26-14-18-33-118-82-54(3)75(105)78(108)66(43-93)124-82,49-116-37-30-63(100)24-12-8-10-22-60(97)27-15-19-34-119-83-55(4)76(106)79(109)67(44-94)125-83)50-117-38-31-70(102)86-32-17-13-25-61(98)28-16-20-35-120-84-56(5)77(107)80(110)68(45-95)126-84/h51-56,58,64-69,73,75-80,82-84,93-95,101,105-110H,7-50H2,1-6H3,(H,86,102)(H,90,103)(H,111,112)(H,113,114)/t54?,55?,56?,58-,64?,65+,66?,67?,68?,69-,73-,75-,76-,77-,78+,79+,80+,82-,83-,84-,85?/m1/s1. The van der Waals surface area contributed by atoms with Gasteiger partial charge in [-0.3, -0.25) is 56.5 Å². The fourth-order valence-electron chi connectivity index (χ4n) is 15.7. The molecule has 42 nitrogen and oxygen atoms in total. The van der Waals surface area contributed by atoms with E-state index in [4.69, 9.17) is 60.9 Å². The maximum Gasteiger partial charge on any atom is 0.472 e. The third kappa shape index (κ3) is 37.1. The topological polar surface area (TPSA) is 604 Å². The summed E-state index contributed by atoms with van der Waals surface area (Å²) < 4.78 is 104. The van der Waals surface area contributed by atoms with Gasteiger partial charge in [-0.2, -0.15) is 0 Å². The second-order valence-electron chi connectivity index (χ2n) is 34.8. The van der Waals surface area contributed by atoms with Gasteiger partial charge < -0.3 is 128 Å². The Morgan fingerprint density at radius 1 is 0.504 bits per heavy atom. The van der Waals surface area contributed by atoms with E-state index in [0.29, 0.717) is 132 Å². The average molecular weight is 1890 g/mol. The highest BCUT2D eigenvalue weighted by Gasteiger charge is 2.48. The minimum Gasteiger partial charge on any atom is -0.394 e. The first-order chi connectivity index (χ1) is 61.5. The number of phosphoric acid groups is 1. The van der Waals surface area contributed by atoms with Crippen LogP contribution in [0.2, 0.25) is 0 Å². The summed E-state index contributed by atoms with van der Waals surface area (Å²) in [5.74, 6) is -4.17. The van der Waals surface area contributed by atoms with Crippen LogP contribution in [-0.4, -0.2) is 347 Å². The maximum atomic E-state index is 14.6. The minimum absolute atomic E-state index is 0.00676. The molecule has 0 aromatic carbocycles. The lowest BCUT2D eigenvalue weighted by atomic mass is 9.92. The minimum atomic E-state index is -5.16. The molecule has 0 saturated carbocycles. The number of aliphatic hydroxyl groups excluding tert-OH is 10. The summed E-state index contributed by atoms with van der Waals surface area (Å²) in [6, 6.07) is -1.12. The van der Waals surface area contributed by atoms with Gasteiger partial charge in [0.1, 0.15) is 108 Å². The number of phosphoric ester groups is 1. The Kier molecular flexibility index (Phi) is 48.9. The zero-order chi connectivity index (χ0) is 94.4. The Morgan fingerprint density at radius 3 is 1.37 bits per heavy atom. The summed E-state index contributed by atoms with van der Waals surface area (Å²) in [5.41, 5.74) is -1.19. The third-order valence-electron chi connectivity index (χ3n) is 23.9. The number of nitrogens with one attached hydrogen (secondary N) is 2. The number of ketones is 5. The molecule has 44 heteroatoms. The molecule has 7 rings (SSSR count). The lowest BCUT2D eigenvalue weighted by molar-refractivity contribution is -0.282. The predicted molar refractivity (Wildman–Crippen MR) is 456 cm³/mol. The second kappa shape index (κ2) is 57.0. The number of rotatable bonds is 66. The first-order valence-electron chi connectivity index (χ1n) is 45.5. The maximum absolute atomic E-state index is 14.6. The Hall–Kier alpha value is -5.23. The van der Waals surface area contributed by atoms with Crippen molar-refractivity contribution in [3.05, 3.63) is 18.3 Å². The summed E-state index contributed by atoms with van der Waals surface area (Å²) in [6.45, 7) is 5.52. The van der Waals surface area contributed by atoms with E-state index in [1.54, 1.807) is 32.3 Å². The van der Waals surface area contributed by atoms with Gasteiger partial charge in [-0.1, -0.05) is 47.5 Å². The van der Waals surface area contributed by atoms with Crippen molar-refractivity contribution in [1.82, 2.24) is 35.1 Å². The first-order valence-corrected chi connectivity index (χ1v) is 48.7. The SMILES string of the molecule is Cc1ncnc2c1ncn2[C@H]1C[C@H](OP(=O)(O)OC[C@H]2CC(O)CN2C(=O)CC(=O)NC(COCCC(=O)CCCCCC(=O)CCCCO[C@@H]2OC(CO)[C@H](O)[C@H](O)C2C)(COCCC(=O)CCCCCC(=O)CCCCO[C@@H]2OC(CO)[C@H](O)[C@H](O)C2C)COCCC(=O)NCCCCC(=O)CCCCO[C@@H]2OC(CO)[C@H](O)[C@H](O)C2C)[C@@H](COP(=O)(O)C(C)C)O1. The molecule has 129 heavy (non-hydrogen) atoms. The van der Waals surface area contributed by atoms with Gasteiger partial charge in [0, 0.05) is 128 Å². The predicted octanol–water partition coefficient (Wildman–Crippen LogP) is 2.78. The molecule has 2 aromatic heterocycles. The molecular weight excluding hydrogens is 1740 g/mol. The molecule has 738 valence electrons. The van der Waals surface area contributed by atoms with Crippen molar-refractivity contribution in [2.24, 2.45) is 17.8 Å². The molecule has 5 aliphatic rings. The molecule has 9 unspecified atom stereocenters. The highest BCUT2D eigenvalue weighted by molar-refractivity contribution is 7.53. The molecule has 3 amide bonds. The van der Waals surface area contributed by atoms with E-state index in [0.717, 1.165) is 4.90 Å². The average Bonchev–Trinajstić information content (AvgIpc) is 1.63. The number of imidazole rings is 1. The summed E-state index contributed by atoms with van der Waals surface area (Å²) in [5, 5.41) is 107. The van der Waals surface area contributed by atoms with Crippen LogP contribution in [0, 0.1) is 24.7 Å². The number of aromatic nitrogens is 4. The Bertz CT molecular complexity index is 3620. The van der Waals surface area contributed by atoms with E-state index in [1.807, 2.05) is 0 Å². The van der Waals surface area contributed by atoms with Crippen LogP contribution in [0.5, 0.6) is 0 Å². The number of carbonyl (C=O) groups is 8. The molecule has 14 N–H and O–H groups in total. The number of β-amino-alcohol motifs (C(OH)–C–C–N with tert-alkyl or cyclic N) is 1. The van der Waals surface area contributed by atoms with Gasteiger partial charge in [0.25, 0.3) is 0 Å². The zero-order valence-corrected chi connectivity index (χ0v) is 77.1. The van der Waals surface area contributed by atoms with Crippen LogP contribution in [0.4, 0.5) is 0 Å². The molecule has 22 atom stereocenters. The Morgan fingerprint density at radius 2 is 0.930 bits per heavy atom. The highest BCUT2D eigenvalue weighted by atomic mass is 31.2. The zero-order valence-electron chi connectivity index (χ0n) is 75.3. The molecule has 0 radical (unpaired) electrons. The fraction of sp³-hybridized carbons (Fsp3) is 0.847. The number of fused-ring (bicyclic) bond motifs is 1. The van der Waals surface area contributed by atoms with Gasteiger partial charge in [-0.15, -0.1) is 0 Å². The molecule has 5 saturated heterocycles. The van der Waals surface area contributed by atoms with Gasteiger partial charge in [-0.05, 0) is 90.4 Å². The van der Waals surface area contributed by atoms with Crippen molar-refractivity contribution in [3.63, 3.8) is 0 Å². The number of unbranched alkanes of at least 4 members (excludes halogenated alkanes) is 8. The van der Waals surface area contributed by atoms with Gasteiger partial charge in [-0.25, -0.2) is 19.5 Å². The van der Waals surface area contributed by atoms with Crippen LogP contribution in [0.15, 0.2) is 12.7 Å². The fourth-order valence-corrected chi connectivity index (χ4v) is 17.3. The number of nitrogens with zero attached hydrogens (tertiary/aromatic N) is 5. The number of ether oxygens (including phenoxy) is 10. The van der Waals surface area contributed by atoms with Crippen molar-refractivity contribution in [1.29, 1.82) is 0 Å². The van der Waals surface area contributed by atoms with Crippen LogP contribution in [0.3, 0.4) is 0 Å². The molecule has 0 spiro atoms. The number of Topliss-reactive ketones (excluding diaryl/α,β-unsaturated/α-hetero) is 5. The third-order valence-corrected chi connectivity index (χ3v) is 26.7. The lowest BCUT2D eigenvalue weighted by Gasteiger charge is -2.40. The van der Waals surface area contributed by atoms with Crippen LogP contribution >= 0.6 is 15.4 Å². The van der Waals surface area contributed by atoms with Crippen molar-refractivity contribution in [3.8, 4) is 0 Å². The summed E-state index contributed by atoms with van der Waals surface area (Å²) >= 11 is 0. The number of hydrogen-bond donors (Lipinski definition) is 14. The quantitative estimate of drug-likeness (QED) is 0.0257. The number of aliphatic hydroxyl groups is 10. The van der Waals surface area contributed by atoms with Gasteiger partial charge >= 0.3 is 15.4 Å². The van der Waals surface area contributed by atoms with E-state index >= 15 is 0 Å². The van der Waals surface area contributed by atoms with Crippen LogP contribution in [-0.2, 0) is 108 Å². The van der Waals surface area contributed by atoms with Gasteiger partial charge in [0.15, 0.2) is 24.5 Å². The van der Waals surface area contributed by atoms with Crippen LogP contribution in [0.25, 0.3) is 11.2 Å². The number of hydrogen-bond acceptors (Lipinski definition) is 36. The van der Waals surface area contributed by atoms with Crippen molar-refractivity contribution in [2.45, 2.75) is 337 Å². The molecule has 5 aliphatic heterocycles. The Balaban J connectivity index is 0.953. The van der Waals surface area contributed by atoms with E-state index in [1.165, 1.54) is 26.5 Å². The summed E-state index contributed by atoms with van der Waals surface area (Å²) in [4.78, 5) is 143. The molecule has 0 aliphatic carbocycles. The van der Waals surface area contributed by atoms with E-state index in [2.05, 4.69) is 25.6 Å². The largest absolute Gasteiger partial charge is 0.472 e. The number of carbonyl (C=O) groups excluding carboxylic acids is 8. The lowest BCUT2D eigenvalue weighted by Crippen LogP contribution is -2.59. The number of likely N-dealkylation sites (tertiary alicyclic amines) is 1. The van der Waals surface area contributed by atoms with Crippen molar-refractivity contribution in [2.75, 3.05) is 106 Å². The summed E-state index contributed by atoms with van der Waals surface area (Å²) in [6.07, 6.45) is -7.11. The van der Waals surface area contributed by atoms with Crippen LogP contribution in [0.1, 0.15) is 226 Å². The smallest absolute Gasteiger partial charge is 0.394 e. The van der Waals surface area contributed by atoms with E-state index in [9.17, 15) is 108 Å². The van der Waals surface area contributed by atoms with Gasteiger partial charge in [0.05, 0.1) is 121 Å². The Labute approximate surface area is 753 Å².